The van der Waals surface area contributed by atoms with Crippen LogP contribution in [0.4, 0.5) is 8.78 Å². The second-order valence-corrected chi connectivity index (χ2v) is 9.27. The normalized spacial score (nSPS) is 40.3. The van der Waals surface area contributed by atoms with Gasteiger partial charge in [0.15, 0.2) is 0 Å². The van der Waals surface area contributed by atoms with Crippen LogP contribution in [0.3, 0.4) is 0 Å². The Morgan fingerprint density at radius 1 is 0.767 bits per heavy atom. The number of methoxy groups -OCH3 is 2. The van der Waals surface area contributed by atoms with Crippen LogP contribution in [-0.2, 0) is 19.1 Å². The molecule has 1 saturated heterocycles. The van der Waals surface area contributed by atoms with Gasteiger partial charge in [-0.25, -0.2) is 8.78 Å². The molecular formula is C22H36F2N2O4. The molecule has 3 aliphatic rings. The fourth-order valence-electron chi connectivity index (χ4n) is 5.51. The number of ether oxygens (including phenoxy) is 2. The first kappa shape index (κ1) is 23.4. The molecular weight excluding hydrogens is 394 g/mol. The summed E-state index contributed by atoms with van der Waals surface area (Å²) in [5, 5.41) is 0. The zero-order chi connectivity index (χ0) is 22.0. The third-order valence-corrected chi connectivity index (χ3v) is 7.23. The van der Waals surface area contributed by atoms with Gasteiger partial charge in [0.05, 0.1) is 24.0 Å². The number of amides is 2. The molecule has 6 nitrogen and oxygen atoms in total. The minimum absolute atomic E-state index is 0.127. The zero-order valence-corrected chi connectivity index (χ0v) is 18.6. The summed E-state index contributed by atoms with van der Waals surface area (Å²) >= 11 is 0. The standard InChI is InChI=1S/C22H36F2N2O4/c1-13-11-25(21(27)17-7-5-15(29-3)9-19(17)23)12-14(2)26(13)22(28)18-8-6-16(30-4)10-20(18)24/h13-20H,5-12H2,1-4H3. The number of nitrogens with zero attached hydrogens (tertiary/aromatic N) is 2. The van der Waals surface area contributed by atoms with Gasteiger partial charge in [0, 0.05) is 52.2 Å². The first-order valence-electron chi connectivity index (χ1n) is 11.2. The quantitative estimate of drug-likeness (QED) is 0.688. The van der Waals surface area contributed by atoms with Gasteiger partial charge < -0.3 is 19.3 Å². The topological polar surface area (TPSA) is 59.1 Å². The van der Waals surface area contributed by atoms with E-state index in [0.717, 1.165) is 0 Å². The van der Waals surface area contributed by atoms with E-state index in [0.29, 0.717) is 38.8 Å². The Morgan fingerprint density at radius 3 is 1.60 bits per heavy atom. The summed E-state index contributed by atoms with van der Waals surface area (Å²) in [6.45, 7) is 4.49. The summed E-state index contributed by atoms with van der Waals surface area (Å²) < 4.78 is 39.7. The van der Waals surface area contributed by atoms with Crippen molar-refractivity contribution in [3.8, 4) is 0 Å². The van der Waals surface area contributed by atoms with Crippen LogP contribution < -0.4 is 0 Å². The van der Waals surface area contributed by atoms with E-state index in [1.807, 2.05) is 13.8 Å². The predicted octanol–water partition coefficient (Wildman–Crippen LogP) is 2.74. The molecule has 30 heavy (non-hydrogen) atoms. The molecule has 0 bridgehead atoms. The second-order valence-electron chi connectivity index (χ2n) is 9.27. The predicted molar refractivity (Wildman–Crippen MR) is 108 cm³/mol. The van der Waals surface area contributed by atoms with Crippen molar-refractivity contribution in [2.75, 3.05) is 27.3 Å². The first-order valence-corrected chi connectivity index (χ1v) is 11.2. The Balaban J connectivity index is 1.61. The van der Waals surface area contributed by atoms with Crippen LogP contribution in [0.5, 0.6) is 0 Å². The second kappa shape index (κ2) is 9.90. The lowest BCUT2D eigenvalue weighted by Crippen LogP contribution is -2.62. The molecule has 2 saturated carbocycles. The lowest BCUT2D eigenvalue weighted by atomic mass is 9.83. The molecule has 0 aromatic carbocycles. The van der Waals surface area contributed by atoms with Gasteiger partial charge in [-0.15, -0.1) is 0 Å². The highest BCUT2D eigenvalue weighted by Crippen LogP contribution is 2.34. The summed E-state index contributed by atoms with van der Waals surface area (Å²) in [5.41, 5.74) is 0. The largest absolute Gasteiger partial charge is 0.381 e. The maximum atomic E-state index is 14.7. The van der Waals surface area contributed by atoms with E-state index in [4.69, 9.17) is 9.47 Å². The molecule has 1 aliphatic heterocycles. The number of rotatable bonds is 4. The Bertz CT molecular complexity index is 610. The maximum Gasteiger partial charge on any atom is 0.229 e. The van der Waals surface area contributed by atoms with Crippen molar-refractivity contribution in [3.05, 3.63) is 0 Å². The number of carbonyl (C=O) groups is 2. The lowest BCUT2D eigenvalue weighted by molar-refractivity contribution is -0.156. The molecule has 8 heteroatoms. The van der Waals surface area contributed by atoms with Crippen molar-refractivity contribution in [1.82, 2.24) is 9.80 Å². The number of alkyl halides is 2. The summed E-state index contributed by atoms with van der Waals surface area (Å²) in [6, 6.07) is -0.461. The average molecular weight is 431 g/mol. The Hall–Kier alpha value is -1.28. The molecule has 0 aromatic heterocycles. The van der Waals surface area contributed by atoms with Gasteiger partial charge >= 0.3 is 0 Å². The van der Waals surface area contributed by atoms with E-state index in [-0.39, 0.29) is 48.9 Å². The lowest BCUT2D eigenvalue weighted by Gasteiger charge is -2.47. The van der Waals surface area contributed by atoms with E-state index in [1.54, 1.807) is 24.0 Å². The highest BCUT2D eigenvalue weighted by molar-refractivity contribution is 5.82. The van der Waals surface area contributed by atoms with Crippen molar-refractivity contribution >= 4 is 11.8 Å². The van der Waals surface area contributed by atoms with Crippen molar-refractivity contribution < 1.29 is 27.8 Å². The third kappa shape index (κ3) is 4.79. The monoisotopic (exact) mass is 430 g/mol. The van der Waals surface area contributed by atoms with Crippen LogP contribution >= 0.6 is 0 Å². The molecule has 1 heterocycles. The van der Waals surface area contributed by atoms with E-state index < -0.39 is 24.2 Å². The molecule has 0 radical (unpaired) electrons. The maximum absolute atomic E-state index is 14.7. The van der Waals surface area contributed by atoms with Crippen LogP contribution in [0, 0.1) is 11.8 Å². The minimum atomic E-state index is -1.21. The molecule has 2 aliphatic carbocycles. The van der Waals surface area contributed by atoms with Crippen LogP contribution in [0.1, 0.15) is 52.4 Å². The van der Waals surface area contributed by atoms with Gasteiger partial charge in [0.2, 0.25) is 11.8 Å². The highest BCUT2D eigenvalue weighted by Gasteiger charge is 2.44. The van der Waals surface area contributed by atoms with E-state index in [2.05, 4.69) is 0 Å². The Labute approximate surface area is 178 Å². The SMILES string of the molecule is COC1CCC(C(=O)N2CC(C)N(C(=O)C3CCC(OC)CC3F)C(C)C2)C(F)C1. The number of hydrogen-bond acceptors (Lipinski definition) is 4. The molecule has 0 aromatic rings. The first-order chi connectivity index (χ1) is 14.3. The highest BCUT2D eigenvalue weighted by atomic mass is 19.1. The van der Waals surface area contributed by atoms with Gasteiger partial charge in [-0.3, -0.25) is 9.59 Å². The smallest absolute Gasteiger partial charge is 0.229 e. The van der Waals surface area contributed by atoms with Crippen molar-refractivity contribution in [3.63, 3.8) is 0 Å². The summed E-state index contributed by atoms with van der Waals surface area (Å²) in [6.07, 6.45) is 0.136. The van der Waals surface area contributed by atoms with Gasteiger partial charge in [-0.1, -0.05) is 0 Å². The van der Waals surface area contributed by atoms with Crippen molar-refractivity contribution in [2.45, 2.75) is 89.0 Å². The van der Waals surface area contributed by atoms with Crippen LogP contribution in [0.25, 0.3) is 0 Å². The average Bonchev–Trinajstić information content (AvgIpc) is 2.72. The molecule has 0 spiro atoms. The molecule has 172 valence electrons. The number of hydrogen-bond donors (Lipinski definition) is 0. The summed E-state index contributed by atoms with van der Waals surface area (Å²) in [7, 11) is 3.15. The summed E-state index contributed by atoms with van der Waals surface area (Å²) in [5.74, 6) is -1.64. The molecule has 0 N–H and O–H groups in total. The van der Waals surface area contributed by atoms with Gasteiger partial charge in [0.1, 0.15) is 12.3 Å². The number of carbonyl (C=O) groups excluding carboxylic acids is 2. The van der Waals surface area contributed by atoms with E-state index in [1.165, 1.54) is 0 Å². The van der Waals surface area contributed by atoms with Crippen LogP contribution in [-0.4, -0.2) is 85.6 Å². The Morgan fingerprint density at radius 2 is 1.20 bits per heavy atom. The van der Waals surface area contributed by atoms with Crippen LogP contribution in [0.15, 0.2) is 0 Å². The van der Waals surface area contributed by atoms with E-state index >= 15 is 0 Å². The van der Waals surface area contributed by atoms with Crippen LogP contribution in [0.2, 0.25) is 0 Å². The Kier molecular flexibility index (Phi) is 7.71. The number of piperazine rings is 1. The zero-order valence-electron chi connectivity index (χ0n) is 18.6. The van der Waals surface area contributed by atoms with Gasteiger partial charge in [-0.05, 0) is 39.5 Å². The molecule has 3 fully saturated rings. The van der Waals surface area contributed by atoms with Gasteiger partial charge in [-0.2, -0.15) is 0 Å². The molecule has 3 rings (SSSR count). The third-order valence-electron chi connectivity index (χ3n) is 7.23. The van der Waals surface area contributed by atoms with Gasteiger partial charge in [0.25, 0.3) is 0 Å². The van der Waals surface area contributed by atoms with Crippen molar-refractivity contribution in [2.24, 2.45) is 11.8 Å². The minimum Gasteiger partial charge on any atom is -0.381 e. The molecule has 8 unspecified atom stereocenters. The fourth-order valence-corrected chi connectivity index (χ4v) is 5.51. The van der Waals surface area contributed by atoms with Crippen molar-refractivity contribution in [1.29, 1.82) is 0 Å². The molecule has 2 amide bonds. The van der Waals surface area contributed by atoms with E-state index in [9.17, 15) is 18.4 Å². The number of halogens is 2. The summed E-state index contributed by atoms with van der Waals surface area (Å²) in [4.78, 5) is 29.6. The fraction of sp³-hybridized carbons (Fsp3) is 0.909. The molecule has 8 atom stereocenters.